The molecule has 1 aromatic rings. The minimum absolute atomic E-state index is 0.158. The van der Waals surface area contributed by atoms with E-state index in [0.717, 1.165) is 4.31 Å². The molecule has 2 heterocycles. The van der Waals surface area contributed by atoms with Crippen molar-refractivity contribution in [1.82, 2.24) is 14.2 Å². The van der Waals surface area contributed by atoms with E-state index in [-0.39, 0.29) is 19.0 Å². The van der Waals surface area contributed by atoms with Crippen LogP contribution in [0.3, 0.4) is 0 Å². The van der Waals surface area contributed by atoms with Crippen molar-refractivity contribution in [2.24, 2.45) is 5.14 Å². The fourth-order valence-corrected chi connectivity index (χ4v) is 2.74. The lowest BCUT2D eigenvalue weighted by Crippen LogP contribution is -2.52. The summed E-state index contributed by atoms with van der Waals surface area (Å²) in [6, 6.07) is 3.36. The highest BCUT2D eigenvalue weighted by molar-refractivity contribution is 9.10. The van der Waals surface area contributed by atoms with Crippen LogP contribution < -0.4 is 5.14 Å². The number of halogens is 1. The fraction of sp³-hybridized carbons (Fsp3) is 0.400. The molecule has 2 N–H and O–H groups in total. The summed E-state index contributed by atoms with van der Waals surface area (Å²) in [6.07, 6.45) is 1.48. The van der Waals surface area contributed by atoms with Crippen LogP contribution in [-0.4, -0.2) is 54.7 Å². The van der Waals surface area contributed by atoms with Gasteiger partial charge in [-0.05, 0) is 28.1 Å². The van der Waals surface area contributed by atoms with E-state index in [1.807, 2.05) is 0 Å². The van der Waals surface area contributed by atoms with Crippen molar-refractivity contribution in [2.75, 3.05) is 26.2 Å². The van der Waals surface area contributed by atoms with Gasteiger partial charge in [0.1, 0.15) is 4.60 Å². The van der Waals surface area contributed by atoms with Crippen LogP contribution in [0.15, 0.2) is 22.9 Å². The fourth-order valence-electron chi connectivity index (χ4n) is 1.83. The first-order chi connectivity index (χ1) is 8.88. The molecule has 1 saturated heterocycles. The molecule has 19 heavy (non-hydrogen) atoms. The molecule has 1 amide bonds. The standard InChI is InChI=1S/C10H13BrN4O3S/c11-9-2-1-8(7-13-9)10(16)14-3-5-15(6-4-14)19(12,17)18/h1-2,7H,3-6H2,(H2,12,17,18). The largest absolute Gasteiger partial charge is 0.336 e. The van der Waals surface area contributed by atoms with Gasteiger partial charge in [-0.1, -0.05) is 0 Å². The molecule has 0 aromatic carbocycles. The van der Waals surface area contributed by atoms with Crippen LogP contribution in [-0.2, 0) is 10.2 Å². The average Bonchev–Trinajstić information content (AvgIpc) is 2.38. The van der Waals surface area contributed by atoms with Gasteiger partial charge in [0.05, 0.1) is 5.56 Å². The third-order valence-corrected chi connectivity index (χ3v) is 4.41. The summed E-state index contributed by atoms with van der Waals surface area (Å²) >= 11 is 3.20. The van der Waals surface area contributed by atoms with Crippen LogP contribution in [0.5, 0.6) is 0 Å². The molecule has 0 radical (unpaired) electrons. The quantitative estimate of drug-likeness (QED) is 0.748. The Balaban J connectivity index is 2.02. The average molecular weight is 349 g/mol. The maximum Gasteiger partial charge on any atom is 0.277 e. The third kappa shape index (κ3) is 3.50. The summed E-state index contributed by atoms with van der Waals surface area (Å²) in [5.41, 5.74) is 0.479. The van der Waals surface area contributed by atoms with Crippen LogP contribution in [0.2, 0.25) is 0 Å². The number of pyridine rings is 1. The second kappa shape index (κ2) is 5.53. The highest BCUT2D eigenvalue weighted by atomic mass is 79.9. The Morgan fingerprint density at radius 1 is 1.26 bits per heavy atom. The van der Waals surface area contributed by atoms with E-state index in [0.29, 0.717) is 23.3 Å². The summed E-state index contributed by atoms with van der Waals surface area (Å²) in [6.45, 7) is 1.08. The maximum atomic E-state index is 12.1. The predicted molar refractivity (Wildman–Crippen MR) is 72.5 cm³/mol. The van der Waals surface area contributed by atoms with Crippen LogP contribution in [0.4, 0.5) is 0 Å². The van der Waals surface area contributed by atoms with E-state index in [1.54, 1.807) is 17.0 Å². The molecule has 104 valence electrons. The topological polar surface area (TPSA) is 96.6 Å². The Labute approximate surface area is 119 Å². The summed E-state index contributed by atoms with van der Waals surface area (Å²) in [7, 11) is -3.67. The van der Waals surface area contributed by atoms with Gasteiger partial charge < -0.3 is 4.90 Å². The number of aromatic nitrogens is 1. The van der Waals surface area contributed by atoms with Gasteiger partial charge in [0.25, 0.3) is 16.1 Å². The van der Waals surface area contributed by atoms with E-state index in [1.165, 1.54) is 6.20 Å². The normalized spacial score (nSPS) is 17.5. The molecular weight excluding hydrogens is 336 g/mol. The van der Waals surface area contributed by atoms with E-state index >= 15 is 0 Å². The molecule has 0 atom stereocenters. The molecular formula is C10H13BrN4O3S. The second-order valence-corrected chi connectivity index (χ2v) is 6.46. The first-order valence-electron chi connectivity index (χ1n) is 5.56. The number of amides is 1. The van der Waals surface area contributed by atoms with Gasteiger partial charge in [-0.3, -0.25) is 4.79 Å². The molecule has 0 unspecified atom stereocenters. The number of carbonyl (C=O) groups excluding carboxylic acids is 1. The Bertz CT molecular complexity index is 567. The van der Waals surface area contributed by atoms with E-state index in [4.69, 9.17) is 5.14 Å². The van der Waals surface area contributed by atoms with Crippen molar-refractivity contribution in [2.45, 2.75) is 0 Å². The number of hydrogen-bond donors (Lipinski definition) is 1. The first kappa shape index (κ1) is 14.4. The van der Waals surface area contributed by atoms with Crippen molar-refractivity contribution in [3.63, 3.8) is 0 Å². The van der Waals surface area contributed by atoms with Crippen LogP contribution in [0.1, 0.15) is 10.4 Å². The summed E-state index contributed by atoms with van der Waals surface area (Å²) in [4.78, 5) is 17.7. The van der Waals surface area contributed by atoms with Gasteiger partial charge in [-0.15, -0.1) is 0 Å². The smallest absolute Gasteiger partial charge is 0.277 e. The predicted octanol–water partition coefficient (Wildman–Crippen LogP) is -0.195. The molecule has 1 aromatic heterocycles. The van der Waals surface area contributed by atoms with Crippen molar-refractivity contribution in [1.29, 1.82) is 0 Å². The molecule has 0 aliphatic carbocycles. The van der Waals surface area contributed by atoms with E-state index in [2.05, 4.69) is 20.9 Å². The highest BCUT2D eigenvalue weighted by Crippen LogP contribution is 2.11. The number of rotatable bonds is 2. The number of nitrogens with two attached hydrogens (primary N) is 1. The van der Waals surface area contributed by atoms with E-state index < -0.39 is 10.2 Å². The lowest BCUT2D eigenvalue weighted by Gasteiger charge is -2.32. The van der Waals surface area contributed by atoms with Gasteiger partial charge >= 0.3 is 0 Å². The third-order valence-electron chi connectivity index (χ3n) is 2.86. The Morgan fingerprint density at radius 3 is 2.37 bits per heavy atom. The van der Waals surface area contributed by atoms with Crippen LogP contribution >= 0.6 is 15.9 Å². The maximum absolute atomic E-state index is 12.1. The van der Waals surface area contributed by atoms with Crippen LogP contribution in [0.25, 0.3) is 0 Å². The SMILES string of the molecule is NS(=O)(=O)N1CCN(C(=O)c2ccc(Br)nc2)CC1. The Hall–Kier alpha value is -1.03. The van der Waals surface area contributed by atoms with Gasteiger partial charge in [0.15, 0.2) is 0 Å². The van der Waals surface area contributed by atoms with E-state index in [9.17, 15) is 13.2 Å². The number of nitrogens with zero attached hydrogens (tertiary/aromatic N) is 3. The summed E-state index contributed by atoms with van der Waals surface area (Å²) in [5.74, 6) is -0.158. The second-order valence-electron chi connectivity index (χ2n) is 4.11. The molecule has 9 heteroatoms. The molecule has 0 saturated carbocycles. The molecule has 7 nitrogen and oxygen atoms in total. The van der Waals surface area contributed by atoms with Crippen molar-refractivity contribution in [3.8, 4) is 0 Å². The van der Waals surface area contributed by atoms with Gasteiger partial charge in [-0.25, -0.2) is 10.1 Å². The zero-order valence-electron chi connectivity index (χ0n) is 9.99. The summed E-state index contributed by atoms with van der Waals surface area (Å²) in [5, 5.41) is 5.04. The summed E-state index contributed by atoms with van der Waals surface area (Å²) < 4.78 is 24.1. The zero-order chi connectivity index (χ0) is 14.0. The zero-order valence-corrected chi connectivity index (χ0v) is 12.4. The minimum atomic E-state index is -3.67. The van der Waals surface area contributed by atoms with Crippen molar-refractivity contribution >= 4 is 32.0 Å². The highest BCUT2D eigenvalue weighted by Gasteiger charge is 2.26. The molecule has 2 rings (SSSR count). The Morgan fingerprint density at radius 2 is 1.89 bits per heavy atom. The first-order valence-corrected chi connectivity index (χ1v) is 7.86. The lowest BCUT2D eigenvalue weighted by molar-refractivity contribution is 0.0697. The van der Waals surface area contributed by atoms with Gasteiger partial charge in [-0.2, -0.15) is 12.7 Å². The Kier molecular flexibility index (Phi) is 4.19. The van der Waals surface area contributed by atoms with Crippen molar-refractivity contribution < 1.29 is 13.2 Å². The molecule has 1 aliphatic rings. The monoisotopic (exact) mass is 348 g/mol. The minimum Gasteiger partial charge on any atom is -0.336 e. The van der Waals surface area contributed by atoms with Gasteiger partial charge in [0.2, 0.25) is 0 Å². The molecule has 0 bridgehead atoms. The number of piperazine rings is 1. The number of carbonyl (C=O) groups is 1. The van der Waals surface area contributed by atoms with Crippen LogP contribution in [0, 0.1) is 0 Å². The van der Waals surface area contributed by atoms with Gasteiger partial charge in [0, 0.05) is 32.4 Å². The molecule has 1 fully saturated rings. The number of hydrogen-bond acceptors (Lipinski definition) is 4. The molecule has 1 aliphatic heterocycles. The lowest BCUT2D eigenvalue weighted by atomic mass is 10.2. The molecule has 0 spiro atoms. The van der Waals surface area contributed by atoms with Crippen molar-refractivity contribution in [3.05, 3.63) is 28.5 Å².